The molecule has 1 heterocycles. The van der Waals surface area contributed by atoms with Crippen LogP contribution in [0.4, 0.5) is 0 Å². The van der Waals surface area contributed by atoms with Crippen LogP contribution in [0.25, 0.3) is 0 Å². The van der Waals surface area contributed by atoms with Crippen LogP contribution in [0.15, 0.2) is 62.8 Å². The third kappa shape index (κ3) is 4.21. The quantitative estimate of drug-likeness (QED) is 0.681. The van der Waals surface area contributed by atoms with Crippen molar-refractivity contribution in [2.24, 2.45) is 0 Å². The van der Waals surface area contributed by atoms with Crippen molar-refractivity contribution in [3.05, 3.63) is 58.6 Å². The normalized spacial score (nSPS) is 16.2. The highest BCUT2D eigenvalue weighted by molar-refractivity contribution is 9.10. The summed E-state index contributed by atoms with van der Waals surface area (Å²) in [6.07, 6.45) is 0. The summed E-state index contributed by atoms with van der Waals surface area (Å²) < 4.78 is 33.2. The van der Waals surface area contributed by atoms with Gasteiger partial charge < -0.3 is 4.74 Å². The number of morpholine rings is 1. The Bertz CT molecular complexity index is 805. The van der Waals surface area contributed by atoms with Crippen LogP contribution in [0, 0.1) is 0 Å². The van der Waals surface area contributed by atoms with Crippen LogP contribution in [0.2, 0.25) is 0 Å². The standard InChI is InChI=1S/C17H18BrNO3S2/c18-16-6-1-2-7-17(16)23-13-14-4-3-5-15(12-14)24(20,21)19-8-10-22-11-9-19/h1-7,12H,8-11,13H2. The fourth-order valence-corrected chi connectivity index (χ4v) is 5.44. The van der Waals surface area contributed by atoms with Gasteiger partial charge in [0.05, 0.1) is 18.1 Å². The van der Waals surface area contributed by atoms with Crippen LogP contribution in [0.3, 0.4) is 0 Å². The Hall–Kier alpha value is -0.860. The van der Waals surface area contributed by atoms with E-state index < -0.39 is 10.0 Å². The summed E-state index contributed by atoms with van der Waals surface area (Å²) in [5.74, 6) is 0.717. The molecule has 0 radical (unpaired) electrons. The van der Waals surface area contributed by atoms with Gasteiger partial charge in [-0.25, -0.2) is 8.42 Å². The van der Waals surface area contributed by atoms with Crippen molar-refractivity contribution >= 4 is 37.7 Å². The number of hydrogen-bond donors (Lipinski definition) is 0. The molecule has 128 valence electrons. The van der Waals surface area contributed by atoms with Gasteiger partial charge in [-0.3, -0.25) is 0 Å². The van der Waals surface area contributed by atoms with Crippen molar-refractivity contribution < 1.29 is 13.2 Å². The molecule has 2 aromatic rings. The van der Waals surface area contributed by atoms with Crippen molar-refractivity contribution in [1.29, 1.82) is 0 Å². The first kappa shape index (κ1) is 17.9. The van der Waals surface area contributed by atoms with Gasteiger partial charge >= 0.3 is 0 Å². The van der Waals surface area contributed by atoms with Gasteiger partial charge in [0.15, 0.2) is 0 Å². The Morgan fingerprint density at radius 2 is 1.83 bits per heavy atom. The molecule has 7 heteroatoms. The third-order valence-electron chi connectivity index (χ3n) is 3.74. The monoisotopic (exact) mass is 427 g/mol. The van der Waals surface area contributed by atoms with E-state index in [2.05, 4.69) is 15.9 Å². The van der Waals surface area contributed by atoms with E-state index in [-0.39, 0.29) is 0 Å². The number of hydrogen-bond acceptors (Lipinski definition) is 4. The number of thioether (sulfide) groups is 1. The number of sulfonamides is 1. The smallest absolute Gasteiger partial charge is 0.243 e. The fraction of sp³-hybridized carbons (Fsp3) is 0.294. The lowest BCUT2D eigenvalue weighted by Crippen LogP contribution is -2.40. The molecule has 1 fully saturated rings. The highest BCUT2D eigenvalue weighted by atomic mass is 79.9. The van der Waals surface area contributed by atoms with Crippen molar-refractivity contribution in [3.63, 3.8) is 0 Å². The third-order valence-corrected chi connectivity index (χ3v) is 7.73. The Morgan fingerprint density at radius 3 is 2.58 bits per heavy atom. The summed E-state index contributed by atoms with van der Waals surface area (Å²) in [4.78, 5) is 1.49. The molecule has 1 aliphatic rings. The van der Waals surface area contributed by atoms with E-state index >= 15 is 0 Å². The number of nitrogens with zero attached hydrogens (tertiary/aromatic N) is 1. The van der Waals surface area contributed by atoms with Crippen molar-refractivity contribution in [2.45, 2.75) is 15.5 Å². The van der Waals surface area contributed by atoms with Crippen LogP contribution >= 0.6 is 27.7 Å². The highest BCUT2D eigenvalue weighted by Gasteiger charge is 2.26. The number of rotatable bonds is 5. The lowest BCUT2D eigenvalue weighted by molar-refractivity contribution is 0.0730. The minimum atomic E-state index is -3.44. The van der Waals surface area contributed by atoms with Gasteiger partial charge in [-0.1, -0.05) is 24.3 Å². The minimum absolute atomic E-state index is 0.356. The zero-order chi connectivity index (χ0) is 17.0. The molecule has 0 N–H and O–H groups in total. The molecule has 0 spiro atoms. The molecule has 0 atom stereocenters. The first-order chi connectivity index (χ1) is 11.6. The largest absolute Gasteiger partial charge is 0.379 e. The maximum atomic E-state index is 12.7. The van der Waals surface area contributed by atoms with Gasteiger partial charge in [-0.15, -0.1) is 11.8 Å². The molecule has 0 saturated carbocycles. The fourth-order valence-electron chi connectivity index (χ4n) is 2.45. The van der Waals surface area contributed by atoms with E-state index in [1.807, 2.05) is 36.4 Å². The van der Waals surface area contributed by atoms with E-state index in [1.165, 1.54) is 4.31 Å². The molecular weight excluding hydrogens is 410 g/mol. The first-order valence-corrected chi connectivity index (χ1v) is 10.8. The van der Waals surface area contributed by atoms with E-state index in [0.29, 0.717) is 31.2 Å². The van der Waals surface area contributed by atoms with E-state index in [1.54, 1.807) is 23.9 Å². The number of halogens is 1. The predicted octanol–water partition coefficient (Wildman–Crippen LogP) is 3.76. The number of ether oxygens (including phenoxy) is 1. The van der Waals surface area contributed by atoms with Gasteiger partial charge in [-0.2, -0.15) is 4.31 Å². The maximum absolute atomic E-state index is 12.7. The summed E-state index contributed by atoms with van der Waals surface area (Å²) in [6.45, 7) is 1.74. The first-order valence-electron chi connectivity index (χ1n) is 7.61. The van der Waals surface area contributed by atoms with Crippen molar-refractivity contribution in [3.8, 4) is 0 Å². The second kappa shape index (κ2) is 8.01. The zero-order valence-corrected chi connectivity index (χ0v) is 16.2. The van der Waals surface area contributed by atoms with Gasteiger partial charge in [0.1, 0.15) is 0 Å². The summed E-state index contributed by atoms with van der Waals surface area (Å²) >= 11 is 5.21. The van der Waals surface area contributed by atoms with Crippen LogP contribution in [0.5, 0.6) is 0 Å². The topological polar surface area (TPSA) is 46.6 Å². The van der Waals surface area contributed by atoms with Gasteiger partial charge in [0.25, 0.3) is 0 Å². The lowest BCUT2D eigenvalue weighted by atomic mass is 10.2. The second-order valence-electron chi connectivity index (χ2n) is 5.38. The highest BCUT2D eigenvalue weighted by Crippen LogP contribution is 2.30. The van der Waals surface area contributed by atoms with E-state index in [9.17, 15) is 8.42 Å². The average molecular weight is 428 g/mol. The molecule has 0 bridgehead atoms. The van der Waals surface area contributed by atoms with Crippen LogP contribution in [0.1, 0.15) is 5.56 Å². The van der Waals surface area contributed by atoms with Crippen LogP contribution < -0.4 is 0 Å². The average Bonchev–Trinajstić information content (AvgIpc) is 2.62. The Balaban J connectivity index is 1.75. The molecule has 2 aromatic carbocycles. The molecular formula is C17H18BrNO3S2. The summed E-state index contributed by atoms with van der Waals surface area (Å²) in [5.41, 5.74) is 0.991. The van der Waals surface area contributed by atoms with Crippen molar-refractivity contribution in [1.82, 2.24) is 4.31 Å². The summed E-state index contributed by atoms with van der Waals surface area (Å²) in [7, 11) is -3.44. The lowest BCUT2D eigenvalue weighted by Gasteiger charge is -2.26. The van der Waals surface area contributed by atoms with Crippen LogP contribution in [-0.2, 0) is 20.5 Å². The molecule has 24 heavy (non-hydrogen) atoms. The maximum Gasteiger partial charge on any atom is 0.243 e. The number of benzene rings is 2. The SMILES string of the molecule is O=S(=O)(c1cccc(CSc2ccccc2Br)c1)N1CCOCC1. The van der Waals surface area contributed by atoms with Gasteiger partial charge in [-0.05, 0) is 45.8 Å². The van der Waals surface area contributed by atoms with Crippen LogP contribution in [-0.4, -0.2) is 39.0 Å². The molecule has 3 rings (SSSR count). The molecule has 4 nitrogen and oxygen atoms in total. The van der Waals surface area contributed by atoms with Gasteiger partial charge in [0.2, 0.25) is 10.0 Å². The Kier molecular flexibility index (Phi) is 5.99. The molecule has 1 saturated heterocycles. The second-order valence-corrected chi connectivity index (χ2v) is 9.19. The van der Waals surface area contributed by atoms with Gasteiger partial charge in [0, 0.05) is 28.2 Å². The molecule has 0 amide bonds. The Labute approximate surface area is 155 Å². The van der Waals surface area contributed by atoms with Crippen molar-refractivity contribution in [2.75, 3.05) is 26.3 Å². The molecule has 0 aliphatic carbocycles. The Morgan fingerprint density at radius 1 is 1.08 bits per heavy atom. The zero-order valence-electron chi connectivity index (χ0n) is 13.0. The summed E-state index contributed by atoms with van der Waals surface area (Å²) in [6, 6.07) is 15.2. The minimum Gasteiger partial charge on any atom is -0.379 e. The predicted molar refractivity (Wildman–Crippen MR) is 99.7 cm³/mol. The molecule has 0 aromatic heterocycles. The molecule has 0 unspecified atom stereocenters. The van der Waals surface area contributed by atoms with E-state index in [0.717, 1.165) is 20.7 Å². The van der Waals surface area contributed by atoms with E-state index in [4.69, 9.17) is 4.74 Å². The molecule has 1 aliphatic heterocycles. The summed E-state index contributed by atoms with van der Waals surface area (Å²) in [5, 5.41) is 0.